The minimum Gasteiger partial charge on any atom is -0.497 e. The summed E-state index contributed by atoms with van der Waals surface area (Å²) in [5, 5.41) is 10.8. The number of ether oxygens (including phenoxy) is 2. The van der Waals surface area contributed by atoms with E-state index in [0.29, 0.717) is 13.0 Å². The van der Waals surface area contributed by atoms with Crippen LogP contribution in [0.1, 0.15) is 22.5 Å². The smallest absolute Gasteiger partial charge is 0.122 e. The van der Waals surface area contributed by atoms with Gasteiger partial charge >= 0.3 is 0 Å². The molecule has 1 heterocycles. The second-order valence-corrected chi connectivity index (χ2v) is 7.89. The molecule has 0 saturated heterocycles. The Morgan fingerprint density at radius 2 is 1.77 bits per heavy atom. The number of benzene rings is 3. The van der Waals surface area contributed by atoms with Crippen LogP contribution in [0.5, 0.6) is 11.5 Å². The van der Waals surface area contributed by atoms with Crippen LogP contribution in [0.4, 0.5) is 0 Å². The molecule has 3 aromatic carbocycles. The van der Waals surface area contributed by atoms with Crippen molar-refractivity contribution in [3.63, 3.8) is 0 Å². The van der Waals surface area contributed by atoms with Crippen molar-refractivity contribution in [3.8, 4) is 11.5 Å². The molecule has 160 valence electrons. The maximum atomic E-state index is 10.8. The van der Waals surface area contributed by atoms with Crippen molar-refractivity contribution in [1.82, 2.24) is 9.55 Å². The number of aliphatic hydroxyl groups is 1. The number of nitrogens with zero attached hydrogens (tertiary/aromatic N) is 2. The number of rotatable bonds is 8. The van der Waals surface area contributed by atoms with Crippen LogP contribution < -0.4 is 9.47 Å². The molecule has 1 atom stereocenters. The van der Waals surface area contributed by atoms with E-state index in [-0.39, 0.29) is 6.61 Å². The van der Waals surface area contributed by atoms with Gasteiger partial charge in [-0.1, -0.05) is 36.4 Å². The molecular formula is C26H28N2O3. The van der Waals surface area contributed by atoms with Gasteiger partial charge in [-0.25, -0.2) is 4.98 Å². The first-order valence-corrected chi connectivity index (χ1v) is 10.5. The lowest BCUT2D eigenvalue weighted by atomic mass is 10.1. The summed E-state index contributed by atoms with van der Waals surface area (Å²) in [7, 11) is 1.66. The number of imidazole rings is 1. The summed E-state index contributed by atoms with van der Waals surface area (Å²) in [6.45, 7) is 4.68. The molecule has 4 rings (SSSR count). The van der Waals surface area contributed by atoms with Crippen LogP contribution in [0.25, 0.3) is 11.0 Å². The average molecular weight is 417 g/mol. The fraction of sp³-hybridized carbons (Fsp3) is 0.269. The zero-order valence-corrected chi connectivity index (χ0v) is 18.2. The Labute approximate surface area is 182 Å². The molecule has 0 aliphatic rings. The second-order valence-electron chi connectivity index (χ2n) is 7.89. The molecule has 5 heteroatoms. The van der Waals surface area contributed by atoms with Crippen molar-refractivity contribution >= 4 is 11.0 Å². The van der Waals surface area contributed by atoms with Gasteiger partial charge in [0.2, 0.25) is 0 Å². The molecule has 0 saturated carbocycles. The topological polar surface area (TPSA) is 56.5 Å². The molecule has 0 spiro atoms. The van der Waals surface area contributed by atoms with Gasteiger partial charge in [0, 0.05) is 6.42 Å². The Morgan fingerprint density at radius 3 is 2.55 bits per heavy atom. The normalized spacial score (nSPS) is 12.1. The number of hydrogen-bond donors (Lipinski definition) is 1. The molecule has 0 amide bonds. The molecular weight excluding hydrogens is 388 g/mol. The monoisotopic (exact) mass is 416 g/mol. The molecule has 31 heavy (non-hydrogen) atoms. The molecule has 0 bridgehead atoms. The maximum Gasteiger partial charge on any atom is 0.122 e. The van der Waals surface area contributed by atoms with Crippen molar-refractivity contribution < 1.29 is 14.6 Å². The van der Waals surface area contributed by atoms with E-state index in [1.54, 1.807) is 7.11 Å². The van der Waals surface area contributed by atoms with Gasteiger partial charge in [0.05, 0.1) is 24.7 Å². The van der Waals surface area contributed by atoms with E-state index in [1.165, 1.54) is 0 Å². The van der Waals surface area contributed by atoms with Crippen LogP contribution >= 0.6 is 0 Å². The van der Waals surface area contributed by atoms with E-state index >= 15 is 0 Å². The lowest BCUT2D eigenvalue weighted by Crippen LogP contribution is -2.25. The molecule has 1 unspecified atom stereocenters. The van der Waals surface area contributed by atoms with Crippen molar-refractivity contribution in [2.75, 3.05) is 13.7 Å². The average Bonchev–Trinajstić information content (AvgIpc) is 3.12. The van der Waals surface area contributed by atoms with Gasteiger partial charge in [0.1, 0.15) is 30.0 Å². The standard InChI is InChI=1S/C26H28N2O3/c1-18-8-9-19(2)25(14-18)31-17-21(29)16-28-24-7-5-4-6-23(24)27-26(28)15-20-10-12-22(30-3)13-11-20/h4-14,21,29H,15-17H2,1-3H3. The minimum atomic E-state index is -0.660. The zero-order chi connectivity index (χ0) is 21.8. The fourth-order valence-electron chi connectivity index (χ4n) is 3.70. The van der Waals surface area contributed by atoms with Gasteiger partial charge in [-0.05, 0) is 60.9 Å². The number of hydrogen-bond acceptors (Lipinski definition) is 4. The second kappa shape index (κ2) is 9.23. The molecule has 5 nitrogen and oxygen atoms in total. The van der Waals surface area contributed by atoms with Gasteiger partial charge in [-0.2, -0.15) is 0 Å². The van der Waals surface area contributed by atoms with Gasteiger partial charge in [-0.3, -0.25) is 0 Å². The predicted octanol–water partition coefficient (Wildman–Crippen LogP) is 4.69. The van der Waals surface area contributed by atoms with Crippen molar-refractivity contribution in [2.24, 2.45) is 0 Å². The number of fused-ring (bicyclic) bond motifs is 1. The molecule has 0 radical (unpaired) electrons. The van der Waals surface area contributed by atoms with E-state index in [0.717, 1.165) is 45.0 Å². The van der Waals surface area contributed by atoms with E-state index < -0.39 is 6.10 Å². The number of aromatic nitrogens is 2. The lowest BCUT2D eigenvalue weighted by Gasteiger charge is -2.17. The highest BCUT2D eigenvalue weighted by Crippen LogP contribution is 2.22. The number of aryl methyl sites for hydroxylation is 2. The van der Waals surface area contributed by atoms with Gasteiger partial charge < -0.3 is 19.1 Å². The van der Waals surface area contributed by atoms with Crippen LogP contribution in [0.2, 0.25) is 0 Å². The Bertz CT molecular complexity index is 1170. The maximum absolute atomic E-state index is 10.8. The third kappa shape index (κ3) is 4.89. The minimum absolute atomic E-state index is 0.221. The van der Waals surface area contributed by atoms with Crippen LogP contribution in [0.15, 0.2) is 66.7 Å². The number of methoxy groups -OCH3 is 1. The van der Waals surface area contributed by atoms with Gasteiger partial charge in [0.15, 0.2) is 0 Å². The largest absolute Gasteiger partial charge is 0.497 e. The van der Waals surface area contributed by atoms with Gasteiger partial charge in [-0.15, -0.1) is 0 Å². The van der Waals surface area contributed by atoms with E-state index in [4.69, 9.17) is 14.5 Å². The van der Waals surface area contributed by atoms with Crippen LogP contribution in [0.3, 0.4) is 0 Å². The first-order valence-electron chi connectivity index (χ1n) is 10.5. The predicted molar refractivity (Wildman–Crippen MR) is 123 cm³/mol. The Balaban J connectivity index is 1.54. The number of aliphatic hydroxyl groups excluding tert-OH is 1. The van der Waals surface area contributed by atoms with Crippen molar-refractivity contribution in [1.29, 1.82) is 0 Å². The number of para-hydroxylation sites is 2. The van der Waals surface area contributed by atoms with Crippen molar-refractivity contribution in [3.05, 3.63) is 89.2 Å². The molecule has 4 aromatic rings. The lowest BCUT2D eigenvalue weighted by molar-refractivity contribution is 0.0924. The third-order valence-electron chi connectivity index (χ3n) is 5.42. The highest BCUT2D eigenvalue weighted by atomic mass is 16.5. The summed E-state index contributed by atoms with van der Waals surface area (Å²) in [6, 6.07) is 22.1. The first kappa shape index (κ1) is 20.9. The highest BCUT2D eigenvalue weighted by molar-refractivity contribution is 5.76. The Morgan fingerprint density at radius 1 is 1.00 bits per heavy atom. The third-order valence-corrected chi connectivity index (χ3v) is 5.42. The fourth-order valence-corrected chi connectivity index (χ4v) is 3.70. The summed E-state index contributed by atoms with van der Waals surface area (Å²) in [5.41, 5.74) is 5.27. The van der Waals surface area contributed by atoms with E-state index in [2.05, 4.69) is 10.6 Å². The summed E-state index contributed by atoms with van der Waals surface area (Å²) in [6.07, 6.45) is 0.00982. The van der Waals surface area contributed by atoms with Crippen LogP contribution in [0, 0.1) is 13.8 Å². The highest BCUT2D eigenvalue weighted by Gasteiger charge is 2.16. The summed E-state index contributed by atoms with van der Waals surface area (Å²) >= 11 is 0. The van der Waals surface area contributed by atoms with Gasteiger partial charge in [0.25, 0.3) is 0 Å². The Hall–Kier alpha value is -3.31. The molecule has 0 fully saturated rings. The summed E-state index contributed by atoms with van der Waals surface area (Å²) < 4.78 is 13.3. The molecule has 0 aliphatic carbocycles. The molecule has 0 aliphatic heterocycles. The summed E-state index contributed by atoms with van der Waals surface area (Å²) in [5.74, 6) is 2.56. The molecule has 1 N–H and O–H groups in total. The van der Waals surface area contributed by atoms with Crippen molar-refractivity contribution in [2.45, 2.75) is 32.9 Å². The van der Waals surface area contributed by atoms with E-state index in [1.807, 2.05) is 74.5 Å². The van der Waals surface area contributed by atoms with Crippen LogP contribution in [-0.4, -0.2) is 34.5 Å². The SMILES string of the molecule is COc1ccc(Cc2nc3ccccc3n2CC(O)COc2cc(C)ccc2C)cc1. The van der Waals surface area contributed by atoms with E-state index in [9.17, 15) is 5.11 Å². The summed E-state index contributed by atoms with van der Waals surface area (Å²) in [4.78, 5) is 4.83. The zero-order valence-electron chi connectivity index (χ0n) is 18.2. The van der Waals surface area contributed by atoms with Crippen LogP contribution in [-0.2, 0) is 13.0 Å². The first-order chi connectivity index (χ1) is 15.0. The quantitative estimate of drug-likeness (QED) is 0.453. The molecule has 1 aromatic heterocycles. The Kier molecular flexibility index (Phi) is 6.23.